The van der Waals surface area contributed by atoms with E-state index in [4.69, 9.17) is 0 Å². The van der Waals surface area contributed by atoms with E-state index in [2.05, 4.69) is 11.9 Å². The van der Waals surface area contributed by atoms with Gasteiger partial charge in [-0.15, -0.1) is 6.58 Å². The molecular weight excluding hydrogens is 138 g/mol. The van der Waals surface area contributed by atoms with Gasteiger partial charge >= 0.3 is 0 Å². The Kier molecular flexibility index (Phi) is 5.75. The van der Waals surface area contributed by atoms with E-state index in [1.807, 2.05) is 13.1 Å². The zero-order valence-electron chi connectivity index (χ0n) is 7.39. The van der Waals surface area contributed by atoms with Crippen molar-refractivity contribution in [2.45, 2.75) is 32.2 Å². The Bertz CT molecular complexity index is 132. The summed E-state index contributed by atoms with van der Waals surface area (Å²) in [7, 11) is 1.82. The minimum atomic E-state index is 0.0370. The summed E-state index contributed by atoms with van der Waals surface area (Å²) in [4.78, 5) is 10.9. The van der Waals surface area contributed by atoms with Gasteiger partial charge in [-0.2, -0.15) is 0 Å². The number of carbonyl (C=O) groups excluding carboxylic acids is 1. The van der Waals surface area contributed by atoms with Crippen LogP contribution >= 0.6 is 0 Å². The highest BCUT2D eigenvalue weighted by Crippen LogP contribution is 2.01. The average Bonchev–Trinajstić information content (AvgIpc) is 1.97. The number of likely N-dealkylation sites (N-methyl/N-ethyl adjacent to an activating group) is 1. The van der Waals surface area contributed by atoms with Gasteiger partial charge in [0.05, 0.1) is 6.04 Å². The summed E-state index contributed by atoms with van der Waals surface area (Å²) in [5.41, 5.74) is 0. The van der Waals surface area contributed by atoms with E-state index in [1.54, 1.807) is 6.92 Å². The Morgan fingerprint density at radius 2 is 2.36 bits per heavy atom. The van der Waals surface area contributed by atoms with Crippen molar-refractivity contribution in [1.82, 2.24) is 5.32 Å². The number of unbranched alkanes of at least 4 members (excludes halogenated alkanes) is 1. The van der Waals surface area contributed by atoms with Crippen LogP contribution in [0.5, 0.6) is 0 Å². The third kappa shape index (κ3) is 4.73. The van der Waals surface area contributed by atoms with E-state index < -0.39 is 0 Å². The Morgan fingerprint density at radius 3 is 2.73 bits per heavy atom. The van der Waals surface area contributed by atoms with Crippen molar-refractivity contribution in [1.29, 1.82) is 0 Å². The maximum Gasteiger partial charge on any atom is 0.146 e. The number of ketones is 1. The van der Waals surface area contributed by atoms with Gasteiger partial charge in [0, 0.05) is 0 Å². The summed E-state index contributed by atoms with van der Waals surface area (Å²) in [6.07, 6.45) is 4.82. The van der Waals surface area contributed by atoms with E-state index in [0.29, 0.717) is 0 Å². The monoisotopic (exact) mass is 155 g/mol. The first kappa shape index (κ1) is 10.4. The highest BCUT2D eigenvalue weighted by Gasteiger charge is 2.09. The first-order chi connectivity index (χ1) is 5.22. The SMILES string of the molecule is C=CCCCC(NC)C(C)=O. The van der Waals surface area contributed by atoms with E-state index in [0.717, 1.165) is 19.3 Å². The summed E-state index contributed by atoms with van der Waals surface area (Å²) in [5.74, 6) is 0.219. The second kappa shape index (κ2) is 6.10. The fourth-order valence-electron chi connectivity index (χ4n) is 1.02. The molecule has 0 saturated carbocycles. The molecule has 0 radical (unpaired) electrons. The Hall–Kier alpha value is -0.630. The molecule has 2 heteroatoms. The number of allylic oxidation sites excluding steroid dienone is 1. The van der Waals surface area contributed by atoms with Crippen LogP contribution in [-0.2, 0) is 4.79 Å². The van der Waals surface area contributed by atoms with Crippen LogP contribution in [0.4, 0.5) is 0 Å². The van der Waals surface area contributed by atoms with Gasteiger partial charge in [-0.1, -0.05) is 6.08 Å². The van der Waals surface area contributed by atoms with Gasteiger partial charge in [0.25, 0.3) is 0 Å². The predicted molar refractivity (Wildman–Crippen MR) is 47.6 cm³/mol. The van der Waals surface area contributed by atoms with Crippen molar-refractivity contribution < 1.29 is 4.79 Å². The van der Waals surface area contributed by atoms with Crippen molar-refractivity contribution in [3.63, 3.8) is 0 Å². The largest absolute Gasteiger partial charge is 0.311 e. The van der Waals surface area contributed by atoms with Crippen molar-refractivity contribution in [2.24, 2.45) is 0 Å². The van der Waals surface area contributed by atoms with Crippen molar-refractivity contribution >= 4 is 5.78 Å². The third-order valence-corrected chi connectivity index (χ3v) is 1.74. The van der Waals surface area contributed by atoms with Gasteiger partial charge in [-0.3, -0.25) is 4.79 Å². The summed E-state index contributed by atoms with van der Waals surface area (Å²) in [6.45, 7) is 5.24. The molecule has 0 amide bonds. The van der Waals surface area contributed by atoms with Gasteiger partial charge < -0.3 is 5.32 Å². The van der Waals surface area contributed by atoms with Crippen LogP contribution in [0.25, 0.3) is 0 Å². The van der Waals surface area contributed by atoms with E-state index in [1.165, 1.54) is 0 Å². The molecule has 0 aliphatic carbocycles. The Balaban J connectivity index is 3.52. The van der Waals surface area contributed by atoms with Gasteiger partial charge in [0.2, 0.25) is 0 Å². The lowest BCUT2D eigenvalue weighted by Gasteiger charge is -2.10. The molecule has 0 fully saturated rings. The second-order valence-corrected chi connectivity index (χ2v) is 2.67. The standard InChI is InChI=1S/C9H17NO/c1-4-5-6-7-9(10-3)8(2)11/h4,9-10H,1,5-7H2,2-3H3. The lowest BCUT2D eigenvalue weighted by atomic mass is 10.1. The van der Waals surface area contributed by atoms with Crippen LogP contribution in [0.3, 0.4) is 0 Å². The fourth-order valence-corrected chi connectivity index (χ4v) is 1.02. The molecule has 0 aromatic rings. The van der Waals surface area contributed by atoms with Crippen LogP contribution in [0.1, 0.15) is 26.2 Å². The number of hydrogen-bond acceptors (Lipinski definition) is 2. The molecule has 2 nitrogen and oxygen atoms in total. The Labute approximate surface area is 68.7 Å². The molecule has 64 valence electrons. The van der Waals surface area contributed by atoms with Crippen molar-refractivity contribution in [2.75, 3.05) is 7.05 Å². The van der Waals surface area contributed by atoms with Crippen LogP contribution in [0.15, 0.2) is 12.7 Å². The van der Waals surface area contributed by atoms with E-state index in [9.17, 15) is 4.79 Å². The van der Waals surface area contributed by atoms with Crippen LogP contribution in [0, 0.1) is 0 Å². The molecule has 1 unspecified atom stereocenters. The zero-order chi connectivity index (χ0) is 8.69. The minimum Gasteiger partial charge on any atom is -0.311 e. The fraction of sp³-hybridized carbons (Fsp3) is 0.667. The molecule has 11 heavy (non-hydrogen) atoms. The summed E-state index contributed by atoms with van der Waals surface area (Å²) < 4.78 is 0. The molecule has 0 spiro atoms. The molecule has 1 N–H and O–H groups in total. The molecule has 1 atom stereocenters. The van der Waals surface area contributed by atoms with Crippen molar-refractivity contribution in [3.8, 4) is 0 Å². The molecule has 0 aliphatic heterocycles. The number of hydrogen-bond donors (Lipinski definition) is 1. The number of Topliss-reactive ketones (excluding diaryl/α,β-unsaturated/α-hetero) is 1. The lowest BCUT2D eigenvalue weighted by Crippen LogP contribution is -2.31. The Morgan fingerprint density at radius 1 is 1.73 bits per heavy atom. The molecule has 0 bridgehead atoms. The zero-order valence-corrected chi connectivity index (χ0v) is 7.39. The molecule has 0 aromatic carbocycles. The smallest absolute Gasteiger partial charge is 0.146 e. The highest BCUT2D eigenvalue weighted by atomic mass is 16.1. The molecule has 0 aromatic heterocycles. The topological polar surface area (TPSA) is 29.1 Å². The predicted octanol–water partition coefficient (Wildman–Crippen LogP) is 1.52. The van der Waals surface area contributed by atoms with E-state index in [-0.39, 0.29) is 11.8 Å². The normalized spacial score (nSPS) is 12.5. The summed E-state index contributed by atoms with van der Waals surface area (Å²) >= 11 is 0. The highest BCUT2D eigenvalue weighted by molar-refractivity contribution is 5.81. The average molecular weight is 155 g/mol. The molecule has 0 heterocycles. The summed E-state index contributed by atoms with van der Waals surface area (Å²) in [6, 6.07) is 0.0370. The lowest BCUT2D eigenvalue weighted by molar-refractivity contribution is -0.119. The van der Waals surface area contributed by atoms with Gasteiger partial charge in [-0.05, 0) is 33.2 Å². The molecule has 0 saturated heterocycles. The van der Waals surface area contributed by atoms with Crippen LogP contribution < -0.4 is 5.32 Å². The maximum atomic E-state index is 10.9. The van der Waals surface area contributed by atoms with Crippen LogP contribution in [0.2, 0.25) is 0 Å². The molecule has 0 rings (SSSR count). The number of rotatable bonds is 6. The quantitative estimate of drug-likeness (QED) is 0.465. The first-order valence-corrected chi connectivity index (χ1v) is 4.01. The molecule has 0 aliphatic rings. The second-order valence-electron chi connectivity index (χ2n) is 2.67. The third-order valence-electron chi connectivity index (χ3n) is 1.74. The first-order valence-electron chi connectivity index (χ1n) is 4.01. The van der Waals surface area contributed by atoms with E-state index >= 15 is 0 Å². The number of nitrogens with one attached hydrogen (secondary N) is 1. The minimum absolute atomic E-state index is 0.0370. The molecular formula is C9H17NO. The van der Waals surface area contributed by atoms with Crippen molar-refractivity contribution in [3.05, 3.63) is 12.7 Å². The number of carbonyl (C=O) groups is 1. The summed E-state index contributed by atoms with van der Waals surface area (Å²) in [5, 5.41) is 2.98. The van der Waals surface area contributed by atoms with Crippen LogP contribution in [-0.4, -0.2) is 18.9 Å². The maximum absolute atomic E-state index is 10.9. The van der Waals surface area contributed by atoms with Gasteiger partial charge in [0.15, 0.2) is 0 Å². The van der Waals surface area contributed by atoms with Gasteiger partial charge in [-0.25, -0.2) is 0 Å². The van der Waals surface area contributed by atoms with Gasteiger partial charge in [0.1, 0.15) is 5.78 Å².